The Balaban J connectivity index is 1.90. The average molecular weight is 337 g/mol. The lowest BCUT2D eigenvalue weighted by Crippen LogP contribution is -2.35. The molecule has 0 bridgehead atoms. The summed E-state index contributed by atoms with van der Waals surface area (Å²) >= 11 is 1.57. The highest BCUT2D eigenvalue weighted by Crippen LogP contribution is 2.35. The van der Waals surface area contributed by atoms with E-state index >= 15 is 0 Å². The molecule has 122 valence electrons. The normalized spacial score (nSPS) is 18.8. The number of ketones is 1. The standard InChI is InChI=1S/C20H19NO2S/c1-2-17-14-24-19(13-18(22)15-9-5-3-6-10-15)21(17)20(23)16-11-7-4-8-12-16/h3-13,17H,2,14H2,1H3/b19-13-. The first-order valence-corrected chi connectivity index (χ1v) is 9.01. The Labute approximate surface area is 146 Å². The zero-order valence-electron chi connectivity index (χ0n) is 13.5. The molecule has 0 saturated carbocycles. The van der Waals surface area contributed by atoms with Crippen molar-refractivity contribution in [1.82, 2.24) is 4.90 Å². The summed E-state index contributed by atoms with van der Waals surface area (Å²) in [7, 11) is 0. The van der Waals surface area contributed by atoms with Crippen molar-refractivity contribution < 1.29 is 9.59 Å². The molecule has 1 unspecified atom stereocenters. The Hall–Kier alpha value is -2.33. The highest BCUT2D eigenvalue weighted by molar-refractivity contribution is 8.03. The van der Waals surface area contributed by atoms with E-state index in [9.17, 15) is 9.59 Å². The van der Waals surface area contributed by atoms with Gasteiger partial charge in [-0.3, -0.25) is 14.5 Å². The topological polar surface area (TPSA) is 37.4 Å². The molecule has 0 radical (unpaired) electrons. The van der Waals surface area contributed by atoms with Crippen LogP contribution in [0.15, 0.2) is 71.8 Å². The Morgan fingerprint density at radius 2 is 1.62 bits per heavy atom. The lowest BCUT2D eigenvalue weighted by atomic mass is 10.1. The van der Waals surface area contributed by atoms with Gasteiger partial charge < -0.3 is 0 Å². The van der Waals surface area contributed by atoms with Crippen molar-refractivity contribution >= 4 is 23.5 Å². The van der Waals surface area contributed by atoms with Gasteiger partial charge in [-0.2, -0.15) is 0 Å². The van der Waals surface area contributed by atoms with Crippen LogP contribution < -0.4 is 0 Å². The van der Waals surface area contributed by atoms with Gasteiger partial charge in [0.1, 0.15) is 0 Å². The predicted molar refractivity (Wildman–Crippen MR) is 98.0 cm³/mol. The van der Waals surface area contributed by atoms with E-state index in [1.807, 2.05) is 48.5 Å². The quantitative estimate of drug-likeness (QED) is 0.614. The number of carbonyl (C=O) groups excluding carboxylic acids is 2. The number of rotatable bonds is 4. The van der Waals surface area contributed by atoms with Gasteiger partial charge in [0, 0.05) is 29.0 Å². The summed E-state index contributed by atoms with van der Waals surface area (Å²) in [5.74, 6) is 0.712. The van der Waals surface area contributed by atoms with Crippen molar-refractivity contribution in [2.75, 3.05) is 5.75 Å². The van der Waals surface area contributed by atoms with Crippen LogP contribution in [-0.4, -0.2) is 28.4 Å². The summed E-state index contributed by atoms with van der Waals surface area (Å²) in [4.78, 5) is 27.2. The molecular weight excluding hydrogens is 318 g/mol. The van der Waals surface area contributed by atoms with Crippen LogP contribution in [0.25, 0.3) is 0 Å². The van der Waals surface area contributed by atoms with Crippen LogP contribution in [0.3, 0.4) is 0 Å². The molecule has 2 aromatic carbocycles. The fourth-order valence-electron chi connectivity index (χ4n) is 2.70. The molecule has 1 heterocycles. The SMILES string of the molecule is CCC1CS/C(=C\C(=O)c2ccccc2)N1C(=O)c1ccccc1. The van der Waals surface area contributed by atoms with Crippen molar-refractivity contribution in [3.8, 4) is 0 Å². The van der Waals surface area contributed by atoms with Crippen LogP contribution >= 0.6 is 11.8 Å². The summed E-state index contributed by atoms with van der Waals surface area (Å²) in [6, 6.07) is 18.5. The smallest absolute Gasteiger partial charge is 0.258 e. The lowest BCUT2D eigenvalue weighted by molar-refractivity contribution is 0.0780. The Bertz CT molecular complexity index is 756. The van der Waals surface area contributed by atoms with Gasteiger partial charge in [0.05, 0.1) is 5.03 Å². The van der Waals surface area contributed by atoms with E-state index in [2.05, 4.69) is 6.92 Å². The van der Waals surface area contributed by atoms with Gasteiger partial charge in [-0.05, 0) is 18.6 Å². The minimum absolute atomic E-state index is 0.0421. The first-order valence-electron chi connectivity index (χ1n) is 8.03. The molecule has 0 aliphatic carbocycles. The molecule has 3 rings (SSSR count). The van der Waals surface area contributed by atoms with E-state index in [-0.39, 0.29) is 17.7 Å². The minimum Gasteiger partial charge on any atom is -0.299 e. The maximum atomic E-state index is 12.9. The maximum absolute atomic E-state index is 12.9. The fourth-order valence-corrected chi connectivity index (χ4v) is 4.01. The highest BCUT2D eigenvalue weighted by Gasteiger charge is 2.33. The number of amides is 1. The van der Waals surface area contributed by atoms with E-state index < -0.39 is 0 Å². The van der Waals surface area contributed by atoms with Gasteiger partial charge in [-0.15, -0.1) is 11.8 Å². The summed E-state index contributed by atoms with van der Waals surface area (Å²) in [5.41, 5.74) is 1.29. The molecule has 1 fully saturated rings. The summed E-state index contributed by atoms with van der Waals surface area (Å²) < 4.78 is 0. The molecule has 1 atom stereocenters. The van der Waals surface area contributed by atoms with Crippen molar-refractivity contribution in [3.05, 3.63) is 82.9 Å². The molecule has 1 saturated heterocycles. The highest BCUT2D eigenvalue weighted by atomic mass is 32.2. The van der Waals surface area contributed by atoms with Gasteiger partial charge in [-0.1, -0.05) is 55.5 Å². The van der Waals surface area contributed by atoms with Gasteiger partial charge in [0.25, 0.3) is 5.91 Å². The molecule has 1 aliphatic heterocycles. The number of thioether (sulfide) groups is 1. The molecule has 3 nitrogen and oxygen atoms in total. The summed E-state index contributed by atoms with van der Waals surface area (Å²) in [6.45, 7) is 2.07. The number of nitrogens with zero attached hydrogens (tertiary/aromatic N) is 1. The molecule has 2 aromatic rings. The lowest BCUT2D eigenvalue weighted by Gasteiger charge is -2.24. The molecule has 0 aromatic heterocycles. The monoisotopic (exact) mass is 337 g/mol. The van der Waals surface area contributed by atoms with Crippen LogP contribution in [0.5, 0.6) is 0 Å². The van der Waals surface area contributed by atoms with Crippen LogP contribution in [0, 0.1) is 0 Å². The molecule has 1 aliphatic rings. The number of hydrogen-bond donors (Lipinski definition) is 0. The fraction of sp³-hybridized carbons (Fsp3) is 0.200. The second-order valence-corrected chi connectivity index (χ2v) is 6.67. The summed E-state index contributed by atoms with van der Waals surface area (Å²) in [6.07, 6.45) is 2.46. The van der Waals surface area contributed by atoms with Gasteiger partial charge in [0.2, 0.25) is 0 Å². The number of allylic oxidation sites excluding steroid dienone is 1. The zero-order valence-corrected chi connectivity index (χ0v) is 14.3. The van der Waals surface area contributed by atoms with Gasteiger partial charge in [0.15, 0.2) is 5.78 Å². The first-order chi connectivity index (χ1) is 11.7. The zero-order chi connectivity index (χ0) is 16.9. The molecule has 4 heteroatoms. The van der Waals surface area contributed by atoms with E-state index in [1.165, 1.54) is 0 Å². The average Bonchev–Trinajstić information content (AvgIpc) is 3.05. The van der Waals surface area contributed by atoms with Crippen LogP contribution in [0.4, 0.5) is 0 Å². The molecular formula is C20H19NO2S. The van der Waals surface area contributed by atoms with Gasteiger partial charge >= 0.3 is 0 Å². The maximum Gasteiger partial charge on any atom is 0.258 e. The first kappa shape index (κ1) is 16.5. The third-order valence-corrected chi connectivity index (χ3v) is 5.21. The number of hydrogen-bond acceptors (Lipinski definition) is 3. The van der Waals surface area contributed by atoms with Crippen molar-refractivity contribution in [2.45, 2.75) is 19.4 Å². The van der Waals surface area contributed by atoms with Crippen LogP contribution in [0.2, 0.25) is 0 Å². The third-order valence-electron chi connectivity index (χ3n) is 4.05. The van der Waals surface area contributed by atoms with E-state index in [0.29, 0.717) is 11.1 Å². The van der Waals surface area contributed by atoms with Crippen LogP contribution in [-0.2, 0) is 0 Å². The predicted octanol–water partition coefficient (Wildman–Crippen LogP) is 4.38. The molecule has 24 heavy (non-hydrogen) atoms. The van der Waals surface area contributed by atoms with E-state index in [1.54, 1.807) is 34.9 Å². The largest absolute Gasteiger partial charge is 0.299 e. The van der Waals surface area contributed by atoms with Crippen molar-refractivity contribution in [2.24, 2.45) is 0 Å². The summed E-state index contributed by atoms with van der Waals surface area (Å²) in [5, 5.41) is 0.740. The molecule has 1 amide bonds. The van der Waals surface area contributed by atoms with Crippen molar-refractivity contribution in [3.63, 3.8) is 0 Å². The third kappa shape index (κ3) is 3.44. The second kappa shape index (κ2) is 7.49. The van der Waals surface area contributed by atoms with E-state index in [4.69, 9.17) is 0 Å². The molecule has 0 spiro atoms. The second-order valence-electron chi connectivity index (χ2n) is 5.63. The number of carbonyl (C=O) groups is 2. The van der Waals surface area contributed by atoms with E-state index in [0.717, 1.165) is 17.2 Å². The Kier molecular flexibility index (Phi) is 5.16. The van der Waals surface area contributed by atoms with Crippen molar-refractivity contribution in [1.29, 1.82) is 0 Å². The minimum atomic E-state index is -0.0688. The molecule has 0 N–H and O–H groups in total. The Morgan fingerprint density at radius 3 is 2.21 bits per heavy atom. The Morgan fingerprint density at radius 1 is 1.04 bits per heavy atom. The number of benzene rings is 2. The van der Waals surface area contributed by atoms with Crippen LogP contribution in [0.1, 0.15) is 34.1 Å². The van der Waals surface area contributed by atoms with Gasteiger partial charge in [-0.25, -0.2) is 0 Å².